The van der Waals surface area contributed by atoms with E-state index in [9.17, 15) is 9.18 Å². The summed E-state index contributed by atoms with van der Waals surface area (Å²) in [4.78, 5) is 15.3. The molecule has 1 N–H and O–H groups in total. The monoisotopic (exact) mass is 326 g/mol. The molecular weight excluding hydrogens is 307 g/mol. The van der Waals surface area contributed by atoms with Crippen LogP contribution in [0.25, 0.3) is 0 Å². The van der Waals surface area contributed by atoms with Crippen LogP contribution in [0.2, 0.25) is 0 Å². The van der Waals surface area contributed by atoms with Crippen molar-refractivity contribution in [2.24, 2.45) is 0 Å². The number of anilines is 2. The molecule has 120 valence electrons. The Bertz CT molecular complexity index is 552. The first-order chi connectivity index (χ1) is 10.7. The normalized spacial score (nSPS) is 22.1. The van der Waals surface area contributed by atoms with Crippen LogP contribution in [0.1, 0.15) is 6.42 Å². The van der Waals surface area contributed by atoms with Crippen LogP contribution in [0.4, 0.5) is 20.6 Å². The minimum absolute atomic E-state index is 0.0357. The third-order valence-corrected chi connectivity index (χ3v) is 4.86. The molecule has 1 aromatic carbocycles. The molecule has 2 fully saturated rings. The Morgan fingerprint density at radius 1 is 1.36 bits per heavy atom. The van der Waals surface area contributed by atoms with Gasteiger partial charge in [-0.05, 0) is 18.2 Å². The number of rotatable bonds is 4. The molecular formula is C15H19FN2O3S. The van der Waals surface area contributed by atoms with Crippen LogP contribution >= 0.6 is 11.8 Å². The number of carbonyl (C=O) groups is 1. The van der Waals surface area contributed by atoms with E-state index in [1.54, 1.807) is 12.1 Å². The summed E-state index contributed by atoms with van der Waals surface area (Å²) in [7, 11) is 0. The number of halogens is 1. The van der Waals surface area contributed by atoms with Gasteiger partial charge in [0.15, 0.2) is 0 Å². The van der Waals surface area contributed by atoms with Gasteiger partial charge in [-0.1, -0.05) is 0 Å². The van der Waals surface area contributed by atoms with E-state index in [-0.39, 0.29) is 18.5 Å². The number of hydrogen-bond donors (Lipinski definition) is 1. The first-order valence-electron chi connectivity index (χ1n) is 7.40. The van der Waals surface area contributed by atoms with E-state index in [1.807, 2.05) is 16.7 Å². The van der Waals surface area contributed by atoms with Crippen molar-refractivity contribution < 1.29 is 19.0 Å². The molecule has 0 unspecified atom stereocenters. The largest absolute Gasteiger partial charge is 0.444 e. The number of thioether (sulfide) groups is 1. The molecule has 2 heterocycles. The highest BCUT2D eigenvalue weighted by Gasteiger charge is 2.32. The molecule has 0 bridgehead atoms. The molecule has 2 aliphatic heterocycles. The van der Waals surface area contributed by atoms with Crippen molar-refractivity contribution in [3.8, 4) is 0 Å². The molecule has 0 spiro atoms. The van der Waals surface area contributed by atoms with Gasteiger partial charge in [-0.15, -0.1) is 0 Å². The van der Waals surface area contributed by atoms with Gasteiger partial charge in [0.1, 0.15) is 11.9 Å². The van der Waals surface area contributed by atoms with E-state index in [0.29, 0.717) is 24.3 Å². The van der Waals surface area contributed by atoms with E-state index < -0.39 is 6.09 Å². The van der Waals surface area contributed by atoms with Crippen LogP contribution in [0.3, 0.4) is 0 Å². The summed E-state index contributed by atoms with van der Waals surface area (Å²) in [6.07, 6.45) is -0.423. The van der Waals surface area contributed by atoms with Crippen molar-refractivity contribution >= 4 is 29.2 Å². The molecule has 5 nitrogen and oxygen atoms in total. The Balaban J connectivity index is 1.75. The Labute approximate surface area is 133 Å². The molecule has 1 aromatic rings. The zero-order valence-electron chi connectivity index (χ0n) is 12.2. The number of aliphatic hydroxyl groups excluding tert-OH is 1. The topological polar surface area (TPSA) is 53.0 Å². The Morgan fingerprint density at radius 3 is 2.82 bits per heavy atom. The lowest BCUT2D eigenvalue weighted by Crippen LogP contribution is -2.33. The van der Waals surface area contributed by atoms with Gasteiger partial charge in [-0.25, -0.2) is 9.18 Å². The number of carbonyl (C=O) groups excluding carboxylic acids is 1. The van der Waals surface area contributed by atoms with Gasteiger partial charge >= 0.3 is 6.09 Å². The van der Waals surface area contributed by atoms with Crippen LogP contribution in [-0.4, -0.2) is 55.1 Å². The maximum atomic E-state index is 14.4. The van der Waals surface area contributed by atoms with Crippen LogP contribution in [0.5, 0.6) is 0 Å². The van der Waals surface area contributed by atoms with E-state index >= 15 is 0 Å². The lowest BCUT2D eigenvalue weighted by Gasteiger charge is -2.29. The van der Waals surface area contributed by atoms with Gasteiger partial charge in [0.05, 0.1) is 17.9 Å². The minimum Gasteiger partial charge on any atom is -0.444 e. The van der Waals surface area contributed by atoms with Crippen LogP contribution in [0, 0.1) is 5.82 Å². The predicted octanol–water partition coefficient (Wildman–Crippen LogP) is 2.09. The number of amides is 1. The van der Waals surface area contributed by atoms with Crippen LogP contribution in [0.15, 0.2) is 18.2 Å². The lowest BCUT2D eigenvalue weighted by molar-refractivity contribution is 0.122. The molecule has 0 radical (unpaired) electrons. The summed E-state index contributed by atoms with van der Waals surface area (Å²) in [5, 5.41) is 8.92. The molecule has 0 saturated carbocycles. The molecule has 7 heteroatoms. The number of aliphatic hydroxyl groups is 1. The summed E-state index contributed by atoms with van der Waals surface area (Å²) < 4.78 is 19.5. The van der Waals surface area contributed by atoms with Crippen molar-refractivity contribution in [1.82, 2.24) is 0 Å². The molecule has 2 saturated heterocycles. The van der Waals surface area contributed by atoms with Gasteiger partial charge in [-0.2, -0.15) is 11.8 Å². The third-order valence-electron chi connectivity index (χ3n) is 3.92. The Hall–Kier alpha value is -1.47. The average molecular weight is 326 g/mol. The quantitative estimate of drug-likeness (QED) is 0.918. The summed E-state index contributed by atoms with van der Waals surface area (Å²) in [5.74, 6) is 1.69. The standard InChI is InChI=1S/C15H19FN2O3S/c16-13-9-11(18-10-12(3-6-19)21-15(18)20)1-2-14(13)17-4-7-22-8-5-17/h1-2,9,12,19H,3-8,10H2/t12-/m0/s1. The van der Waals surface area contributed by atoms with Crippen molar-refractivity contribution in [3.05, 3.63) is 24.0 Å². The predicted molar refractivity (Wildman–Crippen MR) is 85.3 cm³/mol. The van der Waals surface area contributed by atoms with E-state index in [0.717, 1.165) is 24.6 Å². The highest BCUT2D eigenvalue weighted by molar-refractivity contribution is 7.99. The summed E-state index contributed by atoms with van der Waals surface area (Å²) in [5.41, 5.74) is 1.08. The fourth-order valence-electron chi connectivity index (χ4n) is 2.75. The Morgan fingerprint density at radius 2 is 2.14 bits per heavy atom. The van der Waals surface area contributed by atoms with E-state index in [4.69, 9.17) is 9.84 Å². The lowest BCUT2D eigenvalue weighted by atomic mass is 10.2. The molecule has 2 aliphatic rings. The highest BCUT2D eigenvalue weighted by Crippen LogP contribution is 2.29. The van der Waals surface area contributed by atoms with Gasteiger partial charge in [-0.3, -0.25) is 4.90 Å². The fraction of sp³-hybridized carbons (Fsp3) is 0.533. The zero-order valence-corrected chi connectivity index (χ0v) is 13.0. The smallest absolute Gasteiger partial charge is 0.414 e. The molecule has 0 aliphatic carbocycles. The van der Waals surface area contributed by atoms with Crippen LogP contribution in [-0.2, 0) is 4.74 Å². The maximum Gasteiger partial charge on any atom is 0.414 e. The number of cyclic esters (lactones) is 1. The highest BCUT2D eigenvalue weighted by atomic mass is 32.2. The fourth-order valence-corrected chi connectivity index (χ4v) is 3.65. The number of nitrogens with zero attached hydrogens (tertiary/aromatic N) is 2. The van der Waals surface area contributed by atoms with E-state index in [1.165, 1.54) is 11.0 Å². The van der Waals surface area contributed by atoms with Crippen molar-refractivity contribution in [3.63, 3.8) is 0 Å². The van der Waals surface area contributed by atoms with Crippen LogP contribution < -0.4 is 9.80 Å². The number of ether oxygens (including phenoxy) is 1. The number of benzene rings is 1. The van der Waals surface area contributed by atoms with Gasteiger partial charge in [0.25, 0.3) is 0 Å². The molecule has 0 aromatic heterocycles. The van der Waals surface area contributed by atoms with Crippen molar-refractivity contribution in [1.29, 1.82) is 0 Å². The third kappa shape index (κ3) is 3.15. The summed E-state index contributed by atoms with van der Waals surface area (Å²) >= 11 is 1.87. The second-order valence-corrected chi connectivity index (χ2v) is 6.59. The first kappa shape index (κ1) is 15.4. The van der Waals surface area contributed by atoms with Gasteiger partial charge in [0, 0.05) is 37.6 Å². The summed E-state index contributed by atoms with van der Waals surface area (Å²) in [6, 6.07) is 4.87. The number of hydrogen-bond acceptors (Lipinski definition) is 5. The molecule has 1 amide bonds. The molecule has 22 heavy (non-hydrogen) atoms. The molecule has 3 rings (SSSR count). The van der Waals surface area contributed by atoms with Crippen molar-refractivity contribution in [2.45, 2.75) is 12.5 Å². The second kappa shape index (κ2) is 6.75. The van der Waals surface area contributed by atoms with Gasteiger partial charge < -0.3 is 14.7 Å². The average Bonchev–Trinajstić information content (AvgIpc) is 2.89. The van der Waals surface area contributed by atoms with E-state index in [2.05, 4.69) is 0 Å². The zero-order chi connectivity index (χ0) is 15.5. The minimum atomic E-state index is -0.486. The van der Waals surface area contributed by atoms with Gasteiger partial charge in [0.2, 0.25) is 0 Å². The summed E-state index contributed by atoms with van der Waals surface area (Å²) in [6.45, 7) is 1.99. The first-order valence-corrected chi connectivity index (χ1v) is 8.56. The maximum absolute atomic E-state index is 14.4. The SMILES string of the molecule is O=C1O[C@@H](CCO)CN1c1ccc(N2CCSCC2)c(F)c1. The molecule has 1 atom stereocenters. The second-order valence-electron chi connectivity index (χ2n) is 5.36. The van der Waals surface area contributed by atoms with Crippen molar-refractivity contribution in [2.75, 3.05) is 47.5 Å². The Kier molecular flexibility index (Phi) is 4.73.